The second-order valence-corrected chi connectivity index (χ2v) is 2.66. The van der Waals surface area contributed by atoms with Gasteiger partial charge in [0, 0.05) is 13.1 Å². The highest BCUT2D eigenvalue weighted by Crippen LogP contribution is 1.96. The van der Waals surface area contributed by atoms with E-state index >= 15 is 0 Å². The van der Waals surface area contributed by atoms with Crippen LogP contribution >= 0.6 is 0 Å². The number of carbonyl (C=O) groups is 1. The first-order valence-electron chi connectivity index (χ1n) is 4.48. The summed E-state index contributed by atoms with van der Waals surface area (Å²) < 4.78 is 0. The van der Waals surface area contributed by atoms with E-state index in [0.29, 0.717) is 19.5 Å². The van der Waals surface area contributed by atoms with Gasteiger partial charge >= 0.3 is 5.97 Å². The van der Waals surface area contributed by atoms with Gasteiger partial charge in [-0.05, 0) is 6.42 Å². The van der Waals surface area contributed by atoms with E-state index in [-0.39, 0.29) is 0 Å². The fraction of sp³-hybridized carbons (Fsp3) is 0.875. The molecule has 13 heavy (non-hydrogen) atoms. The first kappa shape index (κ1) is 14.9. The molecule has 0 aromatic rings. The maximum Gasteiger partial charge on any atom is 0.320 e. The van der Waals surface area contributed by atoms with E-state index in [1.54, 1.807) is 0 Å². The van der Waals surface area contributed by atoms with Crippen molar-refractivity contribution in [1.29, 1.82) is 0 Å². The third-order valence-corrected chi connectivity index (χ3v) is 1.35. The van der Waals surface area contributed by atoms with Gasteiger partial charge in [-0.15, -0.1) is 0 Å². The molecule has 0 saturated heterocycles. The number of carboxylic acids is 1. The van der Waals surface area contributed by atoms with Gasteiger partial charge in [-0.25, -0.2) is 0 Å². The van der Waals surface area contributed by atoms with Crippen LogP contribution in [-0.2, 0) is 4.79 Å². The van der Waals surface area contributed by atoms with Crippen LogP contribution in [0.25, 0.3) is 0 Å². The van der Waals surface area contributed by atoms with E-state index in [1.807, 2.05) is 6.92 Å². The zero-order valence-electron chi connectivity index (χ0n) is 8.20. The van der Waals surface area contributed by atoms with Crippen molar-refractivity contribution in [3.63, 3.8) is 0 Å². The molecular formula is C8H21N3O2. The highest BCUT2D eigenvalue weighted by Gasteiger charge is 2.08. The lowest BCUT2D eigenvalue weighted by Crippen LogP contribution is -2.29. The van der Waals surface area contributed by atoms with Crippen LogP contribution in [0.3, 0.4) is 0 Å². The first-order chi connectivity index (χ1) is 6.09. The van der Waals surface area contributed by atoms with Crippen molar-refractivity contribution >= 4 is 5.97 Å². The summed E-state index contributed by atoms with van der Waals surface area (Å²) in [6.07, 6.45) is 2.49. The molecule has 0 bridgehead atoms. The van der Waals surface area contributed by atoms with Crippen LogP contribution in [0.2, 0.25) is 0 Å². The Morgan fingerprint density at radius 3 is 2.08 bits per heavy atom. The summed E-state index contributed by atoms with van der Waals surface area (Å²) in [7, 11) is 0. The summed E-state index contributed by atoms with van der Waals surface area (Å²) in [5.74, 6) is -0.900. The van der Waals surface area contributed by atoms with Crippen LogP contribution in [0.1, 0.15) is 26.2 Å². The van der Waals surface area contributed by atoms with Crippen molar-refractivity contribution in [3.05, 3.63) is 0 Å². The van der Waals surface area contributed by atoms with Crippen molar-refractivity contribution in [2.75, 3.05) is 13.1 Å². The van der Waals surface area contributed by atoms with E-state index in [2.05, 4.69) is 0 Å². The van der Waals surface area contributed by atoms with E-state index in [0.717, 1.165) is 12.8 Å². The highest BCUT2D eigenvalue weighted by molar-refractivity contribution is 5.72. The average Bonchev–Trinajstić information content (AvgIpc) is 2.14. The molecule has 0 rings (SSSR count). The van der Waals surface area contributed by atoms with Crippen molar-refractivity contribution in [2.45, 2.75) is 32.2 Å². The number of aliphatic carboxylic acids is 1. The Labute approximate surface area is 79.3 Å². The van der Waals surface area contributed by atoms with Crippen LogP contribution in [0, 0.1) is 0 Å². The van der Waals surface area contributed by atoms with Gasteiger partial charge in [-0.2, -0.15) is 0 Å². The standard InChI is InChI=1S/C6H13NO2.C2H8N2/c1-2-3-4-5(7)6(8)9;3-1-2-4/h5H,2-4,7H2,1H3,(H,8,9);1-4H2. The predicted octanol–water partition coefficient (Wildman–Crippen LogP) is -0.508. The average molecular weight is 191 g/mol. The molecule has 80 valence electrons. The zero-order chi connectivity index (χ0) is 10.7. The van der Waals surface area contributed by atoms with Crippen molar-refractivity contribution < 1.29 is 9.90 Å². The summed E-state index contributed by atoms with van der Waals surface area (Å²) in [6.45, 7) is 3.20. The lowest BCUT2D eigenvalue weighted by atomic mass is 10.1. The second-order valence-electron chi connectivity index (χ2n) is 2.66. The van der Waals surface area contributed by atoms with Crippen molar-refractivity contribution in [2.24, 2.45) is 17.2 Å². The Morgan fingerprint density at radius 2 is 1.85 bits per heavy atom. The minimum atomic E-state index is -0.900. The second kappa shape index (κ2) is 11.4. The largest absolute Gasteiger partial charge is 0.480 e. The van der Waals surface area contributed by atoms with E-state index in [4.69, 9.17) is 22.3 Å². The normalized spacial score (nSPS) is 11.4. The molecule has 5 heteroatoms. The van der Waals surface area contributed by atoms with Gasteiger partial charge in [0.25, 0.3) is 0 Å². The Hall–Kier alpha value is -0.650. The molecule has 1 unspecified atom stereocenters. The van der Waals surface area contributed by atoms with Crippen LogP contribution in [-0.4, -0.2) is 30.2 Å². The summed E-state index contributed by atoms with van der Waals surface area (Å²) in [5.41, 5.74) is 15.0. The summed E-state index contributed by atoms with van der Waals surface area (Å²) in [5, 5.41) is 8.28. The lowest BCUT2D eigenvalue weighted by molar-refractivity contribution is -0.138. The molecule has 0 spiro atoms. The SMILES string of the molecule is CCCCC(N)C(=O)O.NCCN. The molecule has 0 aromatic heterocycles. The minimum Gasteiger partial charge on any atom is -0.480 e. The molecule has 0 heterocycles. The maximum atomic E-state index is 10.1. The quantitative estimate of drug-likeness (QED) is 0.467. The fourth-order valence-corrected chi connectivity index (χ4v) is 0.548. The Bertz CT molecular complexity index is 118. The fourth-order valence-electron chi connectivity index (χ4n) is 0.548. The van der Waals surface area contributed by atoms with Gasteiger partial charge in [0.2, 0.25) is 0 Å². The third-order valence-electron chi connectivity index (χ3n) is 1.35. The first-order valence-corrected chi connectivity index (χ1v) is 4.48. The van der Waals surface area contributed by atoms with Crippen molar-refractivity contribution in [3.8, 4) is 0 Å². The molecular weight excluding hydrogens is 170 g/mol. The number of hydrogen-bond donors (Lipinski definition) is 4. The van der Waals surface area contributed by atoms with Crippen LogP contribution in [0.15, 0.2) is 0 Å². The minimum absolute atomic E-state index is 0.589. The number of nitrogens with two attached hydrogens (primary N) is 3. The van der Waals surface area contributed by atoms with Gasteiger partial charge in [0.1, 0.15) is 6.04 Å². The van der Waals surface area contributed by atoms with Gasteiger partial charge in [-0.1, -0.05) is 19.8 Å². The van der Waals surface area contributed by atoms with E-state index < -0.39 is 12.0 Å². The Kier molecular flexibility index (Phi) is 13.0. The smallest absolute Gasteiger partial charge is 0.320 e. The molecule has 7 N–H and O–H groups in total. The monoisotopic (exact) mass is 191 g/mol. The molecule has 5 nitrogen and oxygen atoms in total. The Balaban J connectivity index is 0. The van der Waals surface area contributed by atoms with Gasteiger partial charge in [0.05, 0.1) is 0 Å². The van der Waals surface area contributed by atoms with Gasteiger partial charge in [-0.3, -0.25) is 4.79 Å². The van der Waals surface area contributed by atoms with Gasteiger partial charge in [0.15, 0.2) is 0 Å². The molecule has 0 amide bonds. The predicted molar refractivity (Wildman–Crippen MR) is 53.2 cm³/mol. The van der Waals surface area contributed by atoms with Crippen LogP contribution in [0.4, 0.5) is 0 Å². The zero-order valence-corrected chi connectivity index (χ0v) is 8.20. The number of unbranched alkanes of at least 4 members (excludes halogenated alkanes) is 1. The lowest BCUT2D eigenvalue weighted by Gasteiger charge is -2.02. The Morgan fingerprint density at radius 1 is 1.38 bits per heavy atom. The molecule has 0 saturated carbocycles. The number of carboxylic acid groups (broad SMARTS) is 1. The van der Waals surface area contributed by atoms with Crippen LogP contribution in [0.5, 0.6) is 0 Å². The molecule has 0 radical (unpaired) electrons. The summed E-state index contributed by atoms with van der Waals surface area (Å²) >= 11 is 0. The molecule has 0 aliphatic heterocycles. The molecule has 0 aliphatic rings. The van der Waals surface area contributed by atoms with E-state index in [1.165, 1.54) is 0 Å². The van der Waals surface area contributed by atoms with Gasteiger partial charge < -0.3 is 22.3 Å². The molecule has 0 aromatic carbocycles. The topological polar surface area (TPSA) is 115 Å². The highest BCUT2D eigenvalue weighted by atomic mass is 16.4. The summed E-state index contributed by atoms with van der Waals surface area (Å²) in [4.78, 5) is 10.1. The summed E-state index contributed by atoms with van der Waals surface area (Å²) in [6, 6.07) is -0.662. The van der Waals surface area contributed by atoms with Crippen LogP contribution < -0.4 is 17.2 Å². The van der Waals surface area contributed by atoms with E-state index in [9.17, 15) is 4.79 Å². The number of hydrogen-bond acceptors (Lipinski definition) is 4. The molecule has 0 aliphatic carbocycles. The van der Waals surface area contributed by atoms with Crippen molar-refractivity contribution in [1.82, 2.24) is 0 Å². The maximum absolute atomic E-state index is 10.1. The number of rotatable bonds is 5. The molecule has 0 fully saturated rings. The third kappa shape index (κ3) is 14.2. The molecule has 1 atom stereocenters.